The van der Waals surface area contributed by atoms with E-state index in [2.05, 4.69) is 38.1 Å². The molecule has 3 rings (SSSR count). The van der Waals surface area contributed by atoms with E-state index >= 15 is 0 Å². The molecule has 158 valence electrons. The Bertz CT molecular complexity index is 756. The minimum absolute atomic E-state index is 0.771. The minimum Gasteiger partial charge on any atom is -0.494 e. The van der Waals surface area contributed by atoms with E-state index in [9.17, 15) is 0 Å². The molecule has 2 aromatic rings. The number of hydrogen-bond donors (Lipinski definition) is 0. The van der Waals surface area contributed by atoms with Crippen LogP contribution in [0.3, 0.4) is 0 Å². The van der Waals surface area contributed by atoms with Gasteiger partial charge in [-0.2, -0.15) is 0 Å². The Morgan fingerprint density at radius 2 is 1.41 bits per heavy atom. The van der Waals surface area contributed by atoms with Crippen LogP contribution in [-0.2, 0) is 12.8 Å². The number of pyridine rings is 1. The average molecular weight is 396 g/mol. The normalized spacial score (nSPS) is 12.3. The molecule has 1 aliphatic rings. The third-order valence-corrected chi connectivity index (χ3v) is 5.71. The van der Waals surface area contributed by atoms with Crippen molar-refractivity contribution >= 4 is 0 Å². The third-order valence-electron chi connectivity index (χ3n) is 5.71. The van der Waals surface area contributed by atoms with Gasteiger partial charge in [-0.3, -0.25) is 0 Å². The summed E-state index contributed by atoms with van der Waals surface area (Å²) in [6.07, 6.45) is 13.2. The van der Waals surface area contributed by atoms with Gasteiger partial charge >= 0.3 is 0 Å². The summed E-state index contributed by atoms with van der Waals surface area (Å²) in [5.41, 5.74) is 5.07. The van der Waals surface area contributed by atoms with Gasteiger partial charge in [0.15, 0.2) is 0 Å². The monoisotopic (exact) mass is 395 g/mol. The number of hydrogen-bond acceptors (Lipinski definition) is 3. The summed E-state index contributed by atoms with van der Waals surface area (Å²) in [4.78, 5) is 4.80. The molecule has 0 N–H and O–H groups in total. The molecule has 0 unspecified atom stereocenters. The largest absolute Gasteiger partial charge is 0.494 e. The second-order valence-corrected chi connectivity index (χ2v) is 8.13. The lowest BCUT2D eigenvalue weighted by atomic mass is 9.88. The maximum Gasteiger partial charge on any atom is 0.213 e. The van der Waals surface area contributed by atoms with Crippen molar-refractivity contribution in [3.05, 3.63) is 41.6 Å². The Morgan fingerprint density at radius 3 is 2.28 bits per heavy atom. The van der Waals surface area contributed by atoms with E-state index < -0.39 is 0 Å². The Morgan fingerprint density at radius 1 is 0.724 bits per heavy atom. The van der Waals surface area contributed by atoms with Crippen LogP contribution in [0.15, 0.2) is 30.3 Å². The number of rotatable bonds is 13. The third kappa shape index (κ3) is 6.48. The quantitative estimate of drug-likeness (QED) is 0.337. The van der Waals surface area contributed by atoms with Crippen molar-refractivity contribution in [1.29, 1.82) is 0 Å². The average Bonchev–Trinajstić information content (AvgIpc) is 2.75. The van der Waals surface area contributed by atoms with Gasteiger partial charge in [-0.15, -0.1) is 0 Å². The molecule has 0 saturated carbocycles. The maximum atomic E-state index is 5.93. The van der Waals surface area contributed by atoms with Gasteiger partial charge < -0.3 is 9.47 Å². The summed E-state index contributed by atoms with van der Waals surface area (Å²) in [5.74, 6) is 1.77. The number of unbranched alkanes of at least 4 members (excludes halogenated alkanes) is 7. The van der Waals surface area contributed by atoms with Crippen LogP contribution in [0.2, 0.25) is 0 Å². The minimum atomic E-state index is 0.771. The summed E-state index contributed by atoms with van der Waals surface area (Å²) < 4.78 is 11.9. The predicted octanol–water partition coefficient (Wildman–Crippen LogP) is 7.16. The molecule has 1 aromatic heterocycles. The molecule has 3 nitrogen and oxygen atoms in total. The number of ether oxygens (including phenoxy) is 2. The molecular formula is C26H37NO2. The molecule has 1 aliphatic carbocycles. The van der Waals surface area contributed by atoms with Crippen molar-refractivity contribution < 1.29 is 9.47 Å². The van der Waals surface area contributed by atoms with Crippen molar-refractivity contribution in [3.8, 4) is 22.8 Å². The lowest BCUT2D eigenvalue weighted by Crippen LogP contribution is -2.08. The first-order chi connectivity index (χ1) is 14.3. The van der Waals surface area contributed by atoms with E-state index in [0.29, 0.717) is 0 Å². The van der Waals surface area contributed by atoms with E-state index in [1.807, 2.05) is 6.07 Å². The topological polar surface area (TPSA) is 31.4 Å². The Balaban J connectivity index is 1.53. The highest BCUT2D eigenvalue weighted by Gasteiger charge is 2.18. The second kappa shape index (κ2) is 11.8. The van der Waals surface area contributed by atoms with E-state index in [-0.39, 0.29) is 0 Å². The molecule has 0 aliphatic heterocycles. The first kappa shape index (κ1) is 21.7. The number of benzene rings is 1. The summed E-state index contributed by atoms with van der Waals surface area (Å²) in [6.45, 7) is 6.05. The van der Waals surface area contributed by atoms with Crippen LogP contribution in [-0.4, -0.2) is 18.2 Å². The number of fused-ring (bicyclic) bond motifs is 3. The fourth-order valence-corrected chi connectivity index (χ4v) is 3.98. The summed E-state index contributed by atoms with van der Waals surface area (Å²) in [7, 11) is 0. The molecule has 29 heavy (non-hydrogen) atoms. The van der Waals surface area contributed by atoms with E-state index in [0.717, 1.165) is 56.2 Å². The van der Waals surface area contributed by atoms with Crippen molar-refractivity contribution in [2.75, 3.05) is 13.2 Å². The summed E-state index contributed by atoms with van der Waals surface area (Å²) >= 11 is 0. The highest BCUT2D eigenvalue weighted by atomic mass is 16.5. The molecule has 0 bridgehead atoms. The maximum absolute atomic E-state index is 5.93. The van der Waals surface area contributed by atoms with E-state index in [4.69, 9.17) is 14.5 Å². The van der Waals surface area contributed by atoms with Gasteiger partial charge in [-0.1, -0.05) is 64.9 Å². The van der Waals surface area contributed by atoms with Crippen LogP contribution in [0, 0.1) is 0 Å². The van der Waals surface area contributed by atoms with Crippen molar-refractivity contribution in [2.24, 2.45) is 0 Å². The standard InChI is InChI=1S/C26H37NO2/c1-3-5-7-8-9-11-19-29-26-17-15-24-23-14-13-22(28-18-10-6-4-2)20-21(23)12-16-25(24)27-26/h13-15,17,20H,3-12,16,18-19H2,1-2H3. The van der Waals surface area contributed by atoms with E-state index in [1.165, 1.54) is 61.6 Å². The SMILES string of the molecule is CCCCCCCCOc1ccc2c(n1)CCc1cc(OCCCCC)ccc1-2. The zero-order valence-electron chi connectivity index (χ0n) is 18.3. The zero-order chi connectivity index (χ0) is 20.3. The van der Waals surface area contributed by atoms with Gasteiger partial charge in [-0.25, -0.2) is 4.98 Å². The number of nitrogens with zero attached hydrogens (tertiary/aromatic N) is 1. The summed E-state index contributed by atoms with van der Waals surface area (Å²) in [5, 5.41) is 0. The molecule has 3 heteroatoms. The Kier molecular flexibility index (Phi) is 8.85. The molecule has 0 atom stereocenters. The van der Waals surface area contributed by atoms with Crippen LogP contribution in [0.4, 0.5) is 0 Å². The van der Waals surface area contributed by atoms with Crippen LogP contribution in [0.1, 0.15) is 82.9 Å². The van der Waals surface area contributed by atoms with Gasteiger partial charge in [0.05, 0.1) is 18.9 Å². The highest BCUT2D eigenvalue weighted by molar-refractivity contribution is 5.73. The van der Waals surface area contributed by atoms with Crippen LogP contribution in [0.5, 0.6) is 11.6 Å². The second-order valence-electron chi connectivity index (χ2n) is 8.13. The van der Waals surface area contributed by atoms with Crippen LogP contribution in [0.25, 0.3) is 11.1 Å². The highest BCUT2D eigenvalue weighted by Crippen LogP contribution is 2.35. The van der Waals surface area contributed by atoms with Crippen molar-refractivity contribution in [3.63, 3.8) is 0 Å². The fourth-order valence-electron chi connectivity index (χ4n) is 3.98. The smallest absolute Gasteiger partial charge is 0.213 e. The van der Waals surface area contributed by atoms with Crippen LogP contribution < -0.4 is 9.47 Å². The molecule has 1 heterocycles. The van der Waals surface area contributed by atoms with E-state index in [1.54, 1.807) is 0 Å². The van der Waals surface area contributed by atoms with Gasteiger partial charge in [0.2, 0.25) is 5.88 Å². The molecule has 1 aromatic carbocycles. The molecule has 0 amide bonds. The lowest BCUT2D eigenvalue weighted by Gasteiger charge is -2.20. The van der Waals surface area contributed by atoms with Gasteiger partial charge in [0, 0.05) is 11.6 Å². The van der Waals surface area contributed by atoms with Crippen LogP contribution >= 0.6 is 0 Å². The summed E-state index contributed by atoms with van der Waals surface area (Å²) in [6, 6.07) is 10.7. The number of aromatic nitrogens is 1. The van der Waals surface area contributed by atoms with Crippen molar-refractivity contribution in [2.45, 2.75) is 84.5 Å². The fraction of sp³-hybridized carbons (Fsp3) is 0.577. The molecule has 0 spiro atoms. The number of aryl methyl sites for hydroxylation is 2. The van der Waals surface area contributed by atoms with Crippen molar-refractivity contribution in [1.82, 2.24) is 4.98 Å². The molecule has 0 fully saturated rings. The Labute approximate surface area is 176 Å². The molecular weight excluding hydrogens is 358 g/mol. The van der Waals surface area contributed by atoms with Gasteiger partial charge in [-0.05, 0) is 55.0 Å². The molecule has 0 saturated heterocycles. The van der Waals surface area contributed by atoms with Gasteiger partial charge in [0.1, 0.15) is 5.75 Å². The Hall–Kier alpha value is -2.03. The zero-order valence-corrected chi connectivity index (χ0v) is 18.3. The lowest BCUT2D eigenvalue weighted by molar-refractivity contribution is 0.292. The van der Waals surface area contributed by atoms with Gasteiger partial charge in [0.25, 0.3) is 0 Å². The molecule has 0 radical (unpaired) electrons. The first-order valence-electron chi connectivity index (χ1n) is 11.7. The predicted molar refractivity (Wildman–Crippen MR) is 121 cm³/mol. The first-order valence-corrected chi connectivity index (χ1v) is 11.7.